The third-order valence-electron chi connectivity index (χ3n) is 8.20. The van der Waals surface area contributed by atoms with Crippen LogP contribution in [0.2, 0.25) is 5.02 Å². The van der Waals surface area contributed by atoms with Gasteiger partial charge in [-0.15, -0.1) is 0 Å². The van der Waals surface area contributed by atoms with Gasteiger partial charge in [-0.3, -0.25) is 9.69 Å². The fourth-order valence-electron chi connectivity index (χ4n) is 5.63. The first-order chi connectivity index (χ1) is 20.3. The lowest BCUT2D eigenvalue weighted by molar-refractivity contribution is -0.0736. The second kappa shape index (κ2) is 11.7. The van der Waals surface area contributed by atoms with Gasteiger partial charge in [0.25, 0.3) is 5.91 Å². The molecule has 0 spiro atoms. The number of carbonyl (C=O) groups is 2. The lowest BCUT2D eigenvalue weighted by Gasteiger charge is -2.39. The van der Waals surface area contributed by atoms with Gasteiger partial charge in [0.15, 0.2) is 0 Å². The minimum Gasteiger partial charge on any atom is -0.478 e. The van der Waals surface area contributed by atoms with Gasteiger partial charge in [-0.25, -0.2) is 14.8 Å². The van der Waals surface area contributed by atoms with E-state index in [4.69, 9.17) is 21.3 Å². The standard InChI is InChI=1S/C31H33ClN6O4/c1-19-3-6-26(23(32)15-19)36(2)28-17-20(7-9-33-28)30(39)38-12-10-37(11-13-38)18-22(27-8-14-42-27)29-34-24-5-4-21(31(40)41)16-25(24)35-29/h3-7,9,15-17,22,27H,8,10-14,18H2,1-2H3,(H,34,35)(H,40,41)/t22-,27-/m1/s1. The van der Waals surface area contributed by atoms with E-state index in [1.54, 1.807) is 30.5 Å². The SMILES string of the molecule is Cc1ccc(N(C)c2cc(C(=O)N3CCN(C[C@@H](c4nc5ccc(C(=O)O)cc5[nH]4)[C@H]4CCO4)CC3)ccn2)c(Cl)c1. The average Bonchev–Trinajstić information content (AvgIpc) is 3.39. The maximum absolute atomic E-state index is 13.5. The van der Waals surface area contributed by atoms with Crippen LogP contribution in [0.5, 0.6) is 0 Å². The van der Waals surface area contributed by atoms with E-state index < -0.39 is 5.97 Å². The number of anilines is 2. The van der Waals surface area contributed by atoms with Crippen LogP contribution >= 0.6 is 11.6 Å². The van der Waals surface area contributed by atoms with Crippen molar-refractivity contribution in [2.75, 3.05) is 51.3 Å². The predicted octanol–water partition coefficient (Wildman–Crippen LogP) is 4.72. The molecule has 2 saturated heterocycles. The molecule has 2 aliphatic heterocycles. The molecule has 2 atom stereocenters. The summed E-state index contributed by atoms with van der Waals surface area (Å²) < 4.78 is 5.88. The maximum atomic E-state index is 13.5. The molecule has 2 fully saturated rings. The molecule has 2 aromatic heterocycles. The fourth-order valence-corrected chi connectivity index (χ4v) is 5.99. The van der Waals surface area contributed by atoms with Crippen molar-refractivity contribution in [3.05, 3.63) is 82.3 Å². The van der Waals surface area contributed by atoms with Crippen molar-refractivity contribution < 1.29 is 19.4 Å². The van der Waals surface area contributed by atoms with Gasteiger partial charge in [0.05, 0.1) is 39.3 Å². The minimum absolute atomic E-state index is 0.0212. The number of piperazine rings is 1. The molecule has 2 aliphatic rings. The molecule has 42 heavy (non-hydrogen) atoms. The number of nitrogens with zero attached hydrogens (tertiary/aromatic N) is 5. The number of carbonyl (C=O) groups excluding carboxylic acids is 1. The molecule has 6 rings (SSSR count). The van der Waals surface area contributed by atoms with Gasteiger partial charge in [-0.2, -0.15) is 0 Å². The largest absolute Gasteiger partial charge is 0.478 e. The number of imidazole rings is 1. The molecular weight excluding hydrogens is 556 g/mol. The van der Waals surface area contributed by atoms with E-state index >= 15 is 0 Å². The van der Waals surface area contributed by atoms with Crippen LogP contribution in [-0.4, -0.2) is 94.2 Å². The summed E-state index contributed by atoms with van der Waals surface area (Å²) in [5.74, 6) is 0.485. The molecule has 4 heterocycles. The van der Waals surface area contributed by atoms with Gasteiger partial charge < -0.3 is 24.6 Å². The molecule has 0 saturated carbocycles. The predicted molar refractivity (Wildman–Crippen MR) is 161 cm³/mol. The number of pyridine rings is 1. The number of aromatic carboxylic acids is 1. The molecule has 4 aromatic rings. The zero-order valence-electron chi connectivity index (χ0n) is 23.6. The van der Waals surface area contributed by atoms with Crippen LogP contribution < -0.4 is 4.90 Å². The maximum Gasteiger partial charge on any atom is 0.335 e. The Morgan fingerprint density at radius 3 is 2.60 bits per heavy atom. The first kappa shape index (κ1) is 28.1. The van der Waals surface area contributed by atoms with E-state index in [9.17, 15) is 14.7 Å². The number of carboxylic acids is 1. The number of hydrogen-bond donors (Lipinski definition) is 2. The summed E-state index contributed by atoms with van der Waals surface area (Å²) in [6.45, 7) is 6.13. The van der Waals surface area contributed by atoms with Crippen molar-refractivity contribution in [3.8, 4) is 0 Å². The van der Waals surface area contributed by atoms with Gasteiger partial charge >= 0.3 is 5.97 Å². The third kappa shape index (κ3) is 5.70. The number of aromatic nitrogens is 3. The van der Waals surface area contributed by atoms with Gasteiger partial charge in [-0.05, 0) is 61.4 Å². The van der Waals surface area contributed by atoms with Crippen LogP contribution in [0.4, 0.5) is 11.5 Å². The number of ether oxygens (including phenoxy) is 1. The topological polar surface area (TPSA) is 115 Å². The number of aryl methyl sites for hydroxylation is 1. The van der Waals surface area contributed by atoms with Crippen molar-refractivity contribution >= 4 is 46.0 Å². The van der Waals surface area contributed by atoms with E-state index in [0.29, 0.717) is 35.0 Å². The number of H-pyrrole nitrogens is 1. The number of benzene rings is 2. The zero-order chi connectivity index (χ0) is 29.4. The van der Waals surface area contributed by atoms with E-state index in [1.807, 2.05) is 48.0 Å². The number of nitrogens with one attached hydrogen (secondary N) is 1. The lowest BCUT2D eigenvalue weighted by Crippen LogP contribution is -2.51. The molecule has 0 aliphatic carbocycles. The summed E-state index contributed by atoms with van der Waals surface area (Å²) in [6.07, 6.45) is 2.67. The summed E-state index contributed by atoms with van der Waals surface area (Å²) in [5, 5.41) is 9.98. The number of fused-ring (bicyclic) bond motifs is 1. The molecule has 10 nitrogen and oxygen atoms in total. The number of rotatable bonds is 8. The van der Waals surface area contributed by atoms with E-state index in [1.165, 1.54) is 0 Å². The van der Waals surface area contributed by atoms with E-state index in [-0.39, 0.29) is 23.5 Å². The Hall–Kier alpha value is -3.99. The number of halogens is 1. The van der Waals surface area contributed by atoms with Crippen molar-refractivity contribution in [1.29, 1.82) is 0 Å². The van der Waals surface area contributed by atoms with Crippen LogP contribution in [0.25, 0.3) is 11.0 Å². The number of hydrogen-bond acceptors (Lipinski definition) is 7. The van der Waals surface area contributed by atoms with Gasteiger partial charge in [-0.1, -0.05) is 17.7 Å². The highest BCUT2D eigenvalue weighted by Gasteiger charge is 2.34. The highest BCUT2D eigenvalue weighted by molar-refractivity contribution is 6.33. The summed E-state index contributed by atoms with van der Waals surface area (Å²) >= 11 is 6.47. The molecule has 0 bridgehead atoms. The van der Waals surface area contributed by atoms with E-state index in [2.05, 4.69) is 14.9 Å². The number of carboxylic acid groups (broad SMARTS) is 1. The Labute approximate surface area is 248 Å². The monoisotopic (exact) mass is 588 g/mol. The lowest BCUT2D eigenvalue weighted by atomic mass is 9.94. The van der Waals surface area contributed by atoms with Crippen LogP contribution in [-0.2, 0) is 4.74 Å². The first-order valence-corrected chi connectivity index (χ1v) is 14.5. The smallest absolute Gasteiger partial charge is 0.335 e. The van der Waals surface area contributed by atoms with Gasteiger partial charge in [0.2, 0.25) is 0 Å². The summed E-state index contributed by atoms with van der Waals surface area (Å²) in [5.41, 5.74) is 4.16. The highest BCUT2D eigenvalue weighted by Crippen LogP contribution is 2.32. The van der Waals surface area contributed by atoms with Crippen molar-refractivity contribution in [1.82, 2.24) is 24.8 Å². The van der Waals surface area contributed by atoms with E-state index in [0.717, 1.165) is 55.3 Å². The average molecular weight is 589 g/mol. The molecular formula is C31H33ClN6O4. The third-order valence-corrected chi connectivity index (χ3v) is 8.50. The fraction of sp³-hybridized carbons (Fsp3) is 0.355. The second-order valence-electron chi connectivity index (χ2n) is 11.0. The van der Waals surface area contributed by atoms with Crippen molar-refractivity contribution in [3.63, 3.8) is 0 Å². The quantitative estimate of drug-likeness (QED) is 0.304. The Kier molecular flexibility index (Phi) is 7.85. The summed E-state index contributed by atoms with van der Waals surface area (Å²) in [6, 6.07) is 14.4. The minimum atomic E-state index is -0.968. The second-order valence-corrected chi connectivity index (χ2v) is 11.4. The van der Waals surface area contributed by atoms with Crippen LogP contribution in [0.1, 0.15) is 44.4 Å². The van der Waals surface area contributed by atoms with Crippen molar-refractivity contribution in [2.45, 2.75) is 25.4 Å². The first-order valence-electron chi connectivity index (χ1n) is 14.1. The summed E-state index contributed by atoms with van der Waals surface area (Å²) in [7, 11) is 1.89. The van der Waals surface area contributed by atoms with Crippen molar-refractivity contribution in [2.24, 2.45) is 0 Å². The van der Waals surface area contributed by atoms with Crippen LogP contribution in [0.15, 0.2) is 54.7 Å². The Morgan fingerprint density at radius 1 is 1.12 bits per heavy atom. The van der Waals surface area contributed by atoms with Gasteiger partial charge in [0.1, 0.15) is 11.6 Å². The molecule has 2 N–H and O–H groups in total. The van der Waals surface area contributed by atoms with Crippen LogP contribution in [0, 0.1) is 6.92 Å². The summed E-state index contributed by atoms with van der Waals surface area (Å²) in [4.78, 5) is 43.6. The molecule has 0 unspecified atom stereocenters. The molecule has 11 heteroatoms. The molecule has 2 aromatic carbocycles. The number of amides is 1. The zero-order valence-corrected chi connectivity index (χ0v) is 24.3. The Balaban J connectivity index is 1.11. The normalized spacial score (nSPS) is 18.1. The molecule has 0 radical (unpaired) electrons. The van der Waals surface area contributed by atoms with Gasteiger partial charge in [0, 0.05) is 58.1 Å². The molecule has 218 valence electrons. The Morgan fingerprint density at radius 2 is 1.90 bits per heavy atom. The highest BCUT2D eigenvalue weighted by atomic mass is 35.5. The molecule has 1 amide bonds. The number of aromatic amines is 1. The Bertz CT molecular complexity index is 1630. The van der Waals surface area contributed by atoms with Crippen LogP contribution in [0.3, 0.4) is 0 Å².